The Hall–Kier alpha value is -0.680. The second-order valence-electron chi connectivity index (χ2n) is 1.74. The van der Waals surface area contributed by atoms with E-state index < -0.39 is 6.10 Å². The summed E-state index contributed by atoms with van der Waals surface area (Å²) in [4.78, 5) is 10.3. The molecule has 3 heteroatoms. The van der Waals surface area contributed by atoms with E-state index in [0.29, 0.717) is 12.3 Å². The molecule has 0 saturated carbocycles. The summed E-state index contributed by atoms with van der Waals surface area (Å²) in [7, 11) is 0. The molecule has 0 heterocycles. The first-order chi connectivity index (χ1) is 4.70. The number of ether oxygens (including phenoxy) is 1. The maximum Gasteiger partial charge on any atom is 0.303 e. The molecular formula is C7H9ClO2. The van der Waals surface area contributed by atoms with Gasteiger partial charge in [0.25, 0.3) is 0 Å². The monoisotopic (exact) mass is 160 g/mol. The Kier molecular flexibility index (Phi) is 4.78. The number of hydrogen-bond donors (Lipinski definition) is 0. The zero-order chi connectivity index (χ0) is 7.98. The third kappa shape index (κ3) is 4.22. The lowest BCUT2D eigenvalue weighted by atomic mass is 10.3. The van der Waals surface area contributed by atoms with Gasteiger partial charge in [-0.05, 0) is 0 Å². The highest BCUT2D eigenvalue weighted by Crippen LogP contribution is 1.98. The number of hydrogen-bond acceptors (Lipinski definition) is 2. The largest absolute Gasteiger partial charge is 0.449 e. The molecule has 0 fully saturated rings. The van der Waals surface area contributed by atoms with Crippen molar-refractivity contribution in [3.8, 4) is 12.3 Å². The summed E-state index contributed by atoms with van der Waals surface area (Å²) in [6, 6.07) is 0. The molecule has 0 bridgehead atoms. The van der Waals surface area contributed by atoms with E-state index in [9.17, 15) is 4.79 Å². The minimum absolute atomic E-state index is 0.368. The number of rotatable bonds is 3. The highest BCUT2D eigenvalue weighted by atomic mass is 35.5. The van der Waals surface area contributed by atoms with Crippen LogP contribution in [0.4, 0.5) is 0 Å². The first-order valence-corrected chi connectivity index (χ1v) is 3.43. The topological polar surface area (TPSA) is 26.3 Å². The smallest absolute Gasteiger partial charge is 0.303 e. The SMILES string of the molecule is C#CC(CCCl)OC(C)=O. The maximum atomic E-state index is 10.3. The van der Waals surface area contributed by atoms with Crippen molar-refractivity contribution >= 4 is 17.6 Å². The van der Waals surface area contributed by atoms with Gasteiger partial charge in [-0.1, -0.05) is 5.92 Å². The van der Waals surface area contributed by atoms with Crippen LogP contribution in [-0.2, 0) is 9.53 Å². The van der Waals surface area contributed by atoms with E-state index >= 15 is 0 Å². The third-order valence-corrected chi connectivity index (χ3v) is 1.08. The molecule has 0 aliphatic heterocycles. The molecule has 0 aromatic carbocycles. The van der Waals surface area contributed by atoms with Crippen molar-refractivity contribution in [2.45, 2.75) is 19.4 Å². The second-order valence-corrected chi connectivity index (χ2v) is 2.12. The predicted molar refractivity (Wildman–Crippen MR) is 39.7 cm³/mol. The van der Waals surface area contributed by atoms with Crippen LogP contribution in [0.5, 0.6) is 0 Å². The molecule has 1 atom stereocenters. The minimum atomic E-state index is -0.463. The van der Waals surface area contributed by atoms with E-state index in [1.165, 1.54) is 6.92 Å². The zero-order valence-electron chi connectivity index (χ0n) is 5.76. The van der Waals surface area contributed by atoms with Crippen LogP contribution in [0.3, 0.4) is 0 Å². The lowest BCUT2D eigenvalue weighted by Crippen LogP contribution is -2.14. The van der Waals surface area contributed by atoms with Gasteiger partial charge in [0.15, 0.2) is 6.10 Å². The van der Waals surface area contributed by atoms with Crippen LogP contribution < -0.4 is 0 Å². The van der Waals surface area contributed by atoms with Gasteiger partial charge in [-0.25, -0.2) is 0 Å². The van der Waals surface area contributed by atoms with Crippen molar-refractivity contribution in [3.63, 3.8) is 0 Å². The Bertz CT molecular complexity index is 148. The molecule has 10 heavy (non-hydrogen) atoms. The molecule has 0 saturated heterocycles. The average molecular weight is 161 g/mol. The minimum Gasteiger partial charge on any atom is -0.449 e. The summed E-state index contributed by atoms with van der Waals surface area (Å²) in [5, 5.41) is 0. The Morgan fingerprint density at radius 3 is 2.80 bits per heavy atom. The summed E-state index contributed by atoms with van der Waals surface area (Å²) in [6.07, 6.45) is 5.07. The number of carbonyl (C=O) groups excluding carboxylic acids is 1. The van der Waals surface area contributed by atoms with E-state index in [4.69, 9.17) is 18.0 Å². The molecule has 0 amide bonds. The molecule has 0 radical (unpaired) electrons. The van der Waals surface area contributed by atoms with Gasteiger partial charge in [0.2, 0.25) is 0 Å². The fraction of sp³-hybridized carbons (Fsp3) is 0.571. The van der Waals surface area contributed by atoms with E-state index in [1.54, 1.807) is 0 Å². The van der Waals surface area contributed by atoms with Crippen LogP contribution in [-0.4, -0.2) is 18.0 Å². The maximum absolute atomic E-state index is 10.3. The van der Waals surface area contributed by atoms with Crippen LogP contribution in [0.15, 0.2) is 0 Å². The van der Waals surface area contributed by atoms with E-state index in [2.05, 4.69) is 10.7 Å². The Balaban J connectivity index is 3.63. The number of halogens is 1. The Labute approximate surface area is 65.5 Å². The van der Waals surface area contributed by atoms with Crippen molar-refractivity contribution in [2.24, 2.45) is 0 Å². The molecule has 0 aromatic heterocycles. The number of esters is 1. The summed E-state index contributed by atoms with van der Waals surface area (Å²) in [5.41, 5.74) is 0. The van der Waals surface area contributed by atoms with Gasteiger partial charge >= 0.3 is 5.97 Å². The van der Waals surface area contributed by atoms with Crippen molar-refractivity contribution in [1.29, 1.82) is 0 Å². The van der Waals surface area contributed by atoms with Gasteiger partial charge in [-0.2, -0.15) is 0 Å². The molecule has 0 aromatic rings. The Morgan fingerprint density at radius 2 is 2.50 bits per heavy atom. The summed E-state index contributed by atoms with van der Waals surface area (Å²) in [6.45, 7) is 1.32. The van der Waals surface area contributed by atoms with Crippen molar-refractivity contribution in [3.05, 3.63) is 0 Å². The summed E-state index contributed by atoms with van der Waals surface area (Å²) >= 11 is 5.37. The van der Waals surface area contributed by atoms with Gasteiger partial charge in [-0.3, -0.25) is 4.79 Å². The lowest BCUT2D eigenvalue weighted by Gasteiger charge is -2.07. The highest BCUT2D eigenvalue weighted by molar-refractivity contribution is 6.17. The van der Waals surface area contributed by atoms with Crippen LogP contribution in [0, 0.1) is 12.3 Å². The zero-order valence-corrected chi connectivity index (χ0v) is 6.52. The van der Waals surface area contributed by atoms with Crippen LogP contribution in [0.2, 0.25) is 0 Å². The number of terminal acetylenes is 1. The quantitative estimate of drug-likeness (QED) is 0.352. The highest BCUT2D eigenvalue weighted by Gasteiger charge is 2.05. The van der Waals surface area contributed by atoms with Gasteiger partial charge in [0.05, 0.1) is 0 Å². The fourth-order valence-corrected chi connectivity index (χ4v) is 0.674. The van der Waals surface area contributed by atoms with Gasteiger partial charge in [-0.15, -0.1) is 18.0 Å². The lowest BCUT2D eigenvalue weighted by molar-refractivity contribution is -0.143. The van der Waals surface area contributed by atoms with Gasteiger partial charge in [0.1, 0.15) is 0 Å². The first-order valence-electron chi connectivity index (χ1n) is 2.90. The molecule has 56 valence electrons. The van der Waals surface area contributed by atoms with Crippen molar-refractivity contribution in [2.75, 3.05) is 5.88 Å². The van der Waals surface area contributed by atoms with Gasteiger partial charge in [0, 0.05) is 19.2 Å². The fourth-order valence-electron chi connectivity index (χ4n) is 0.476. The van der Waals surface area contributed by atoms with E-state index in [1.807, 2.05) is 0 Å². The molecule has 1 unspecified atom stereocenters. The first kappa shape index (κ1) is 9.32. The summed E-state index contributed by atoms with van der Waals surface area (Å²) in [5.74, 6) is 2.34. The molecule has 2 nitrogen and oxygen atoms in total. The normalized spacial score (nSPS) is 11.7. The number of carbonyl (C=O) groups is 1. The van der Waals surface area contributed by atoms with Crippen LogP contribution in [0.25, 0.3) is 0 Å². The third-order valence-electron chi connectivity index (χ3n) is 0.865. The molecular weight excluding hydrogens is 152 g/mol. The van der Waals surface area contributed by atoms with Crippen molar-refractivity contribution in [1.82, 2.24) is 0 Å². The molecule has 0 rings (SSSR count). The van der Waals surface area contributed by atoms with E-state index in [0.717, 1.165) is 0 Å². The number of alkyl halides is 1. The van der Waals surface area contributed by atoms with Crippen LogP contribution >= 0.6 is 11.6 Å². The van der Waals surface area contributed by atoms with E-state index in [-0.39, 0.29) is 5.97 Å². The van der Waals surface area contributed by atoms with Gasteiger partial charge < -0.3 is 4.74 Å². The molecule has 0 spiro atoms. The van der Waals surface area contributed by atoms with Crippen LogP contribution in [0.1, 0.15) is 13.3 Å². The average Bonchev–Trinajstić information content (AvgIpc) is 1.86. The molecule has 0 N–H and O–H groups in total. The predicted octanol–water partition coefficient (Wildman–Crippen LogP) is 1.18. The molecule has 0 aliphatic carbocycles. The Morgan fingerprint density at radius 1 is 1.90 bits per heavy atom. The summed E-state index contributed by atoms with van der Waals surface area (Å²) < 4.78 is 4.68. The standard InChI is InChI=1S/C7H9ClO2/c1-3-7(4-5-8)10-6(2)9/h1,7H,4-5H2,2H3. The second kappa shape index (κ2) is 5.13. The van der Waals surface area contributed by atoms with Crippen molar-refractivity contribution < 1.29 is 9.53 Å². The molecule has 0 aliphatic rings.